The number of carbonyl (C=O) groups excluding carboxylic acids is 3. The maximum atomic E-state index is 12.8. The molecule has 2 N–H and O–H groups in total. The maximum absolute atomic E-state index is 12.8. The number of rotatable bonds is 6. The van der Waals surface area contributed by atoms with E-state index >= 15 is 0 Å². The predicted molar refractivity (Wildman–Crippen MR) is 98.8 cm³/mol. The molecule has 1 aromatic rings. The van der Waals surface area contributed by atoms with Crippen LogP contribution in [-0.2, 0) is 19.1 Å². The Labute approximate surface area is 161 Å². The molecule has 0 spiro atoms. The van der Waals surface area contributed by atoms with E-state index in [9.17, 15) is 14.4 Å². The largest absolute Gasteiger partial charge is 0.495 e. The summed E-state index contributed by atoms with van der Waals surface area (Å²) in [5.41, 5.74) is 0.780. The van der Waals surface area contributed by atoms with E-state index in [0.29, 0.717) is 22.9 Å². The van der Waals surface area contributed by atoms with Crippen molar-refractivity contribution in [1.29, 1.82) is 0 Å². The van der Waals surface area contributed by atoms with Crippen molar-refractivity contribution in [1.82, 2.24) is 5.32 Å². The highest BCUT2D eigenvalue weighted by Crippen LogP contribution is 2.37. The van der Waals surface area contributed by atoms with Gasteiger partial charge in [-0.1, -0.05) is 11.6 Å². The number of hydrogen-bond donors (Lipinski definition) is 2. The molecular formula is C18H21ClN2O6. The first-order valence-electron chi connectivity index (χ1n) is 8.22. The topological polar surface area (TPSA) is 103 Å². The normalized spacial score (nSPS) is 16.5. The van der Waals surface area contributed by atoms with Gasteiger partial charge in [0.15, 0.2) is 0 Å². The monoisotopic (exact) mass is 396 g/mol. The SMILES string of the molecule is CCOC(=O)C1=C(C)NC(=O)C[C@@H]1C(=O)Nc1cc(OC)c(Cl)c(OC)c1. The smallest absolute Gasteiger partial charge is 0.336 e. The number of anilines is 1. The zero-order valence-electron chi connectivity index (χ0n) is 15.5. The van der Waals surface area contributed by atoms with Crippen molar-refractivity contribution in [2.75, 3.05) is 26.1 Å². The Balaban J connectivity index is 2.34. The number of benzene rings is 1. The van der Waals surface area contributed by atoms with Gasteiger partial charge in [-0.15, -0.1) is 0 Å². The Kier molecular flexibility index (Phi) is 6.68. The number of amides is 2. The molecule has 1 aromatic carbocycles. The van der Waals surface area contributed by atoms with Crippen molar-refractivity contribution in [3.8, 4) is 11.5 Å². The molecule has 0 radical (unpaired) electrons. The van der Waals surface area contributed by atoms with Crippen LogP contribution in [0.2, 0.25) is 5.02 Å². The summed E-state index contributed by atoms with van der Waals surface area (Å²) >= 11 is 6.12. The average Bonchev–Trinajstić information content (AvgIpc) is 2.62. The Morgan fingerprint density at radius 1 is 1.26 bits per heavy atom. The van der Waals surface area contributed by atoms with E-state index in [1.54, 1.807) is 13.8 Å². The summed E-state index contributed by atoms with van der Waals surface area (Å²) < 4.78 is 15.4. The molecule has 0 bridgehead atoms. The fraction of sp³-hybridized carbons (Fsp3) is 0.389. The molecule has 0 aliphatic carbocycles. The first kappa shape index (κ1) is 20.6. The van der Waals surface area contributed by atoms with Crippen LogP contribution in [0.4, 0.5) is 5.69 Å². The van der Waals surface area contributed by atoms with Crippen LogP contribution in [0.3, 0.4) is 0 Å². The minimum atomic E-state index is -0.981. The van der Waals surface area contributed by atoms with Crippen molar-refractivity contribution in [2.24, 2.45) is 5.92 Å². The van der Waals surface area contributed by atoms with Crippen molar-refractivity contribution < 1.29 is 28.6 Å². The molecule has 1 aliphatic heterocycles. The third-order valence-corrected chi connectivity index (χ3v) is 4.37. The number of hydrogen-bond acceptors (Lipinski definition) is 6. The highest BCUT2D eigenvalue weighted by Gasteiger charge is 2.36. The minimum Gasteiger partial charge on any atom is -0.495 e. The molecule has 0 aromatic heterocycles. The highest BCUT2D eigenvalue weighted by molar-refractivity contribution is 6.33. The first-order valence-corrected chi connectivity index (χ1v) is 8.60. The van der Waals surface area contributed by atoms with Gasteiger partial charge in [-0.2, -0.15) is 0 Å². The van der Waals surface area contributed by atoms with Gasteiger partial charge >= 0.3 is 5.97 Å². The molecule has 27 heavy (non-hydrogen) atoms. The zero-order chi connectivity index (χ0) is 20.1. The van der Waals surface area contributed by atoms with Gasteiger partial charge in [-0.05, 0) is 13.8 Å². The predicted octanol–water partition coefficient (Wildman–Crippen LogP) is 2.27. The second kappa shape index (κ2) is 8.77. The Morgan fingerprint density at radius 2 is 1.85 bits per heavy atom. The van der Waals surface area contributed by atoms with Crippen LogP contribution in [0.25, 0.3) is 0 Å². The van der Waals surface area contributed by atoms with Gasteiger partial charge in [0.1, 0.15) is 16.5 Å². The van der Waals surface area contributed by atoms with Crippen LogP contribution in [0, 0.1) is 5.92 Å². The zero-order valence-corrected chi connectivity index (χ0v) is 16.2. The quantitative estimate of drug-likeness (QED) is 0.715. The van der Waals surface area contributed by atoms with E-state index in [1.165, 1.54) is 26.4 Å². The number of esters is 1. The molecule has 9 heteroatoms. The van der Waals surface area contributed by atoms with Crippen LogP contribution in [0.5, 0.6) is 11.5 Å². The van der Waals surface area contributed by atoms with Gasteiger partial charge in [0.2, 0.25) is 11.8 Å². The first-order chi connectivity index (χ1) is 12.8. The second-order valence-corrected chi connectivity index (χ2v) is 6.13. The fourth-order valence-electron chi connectivity index (χ4n) is 2.78. The molecule has 0 fully saturated rings. The summed E-state index contributed by atoms with van der Waals surface area (Å²) in [7, 11) is 2.87. The Hall–Kier alpha value is -2.74. The van der Waals surface area contributed by atoms with Crippen molar-refractivity contribution >= 4 is 35.1 Å². The van der Waals surface area contributed by atoms with Gasteiger partial charge in [-0.25, -0.2) is 4.79 Å². The summed E-state index contributed by atoms with van der Waals surface area (Å²) in [6, 6.07) is 3.04. The van der Waals surface area contributed by atoms with E-state index in [1.807, 2.05) is 0 Å². The lowest BCUT2D eigenvalue weighted by atomic mass is 9.89. The Morgan fingerprint density at radius 3 is 2.37 bits per heavy atom. The van der Waals surface area contributed by atoms with E-state index in [0.717, 1.165) is 0 Å². The van der Waals surface area contributed by atoms with Crippen LogP contribution >= 0.6 is 11.6 Å². The van der Waals surface area contributed by atoms with Gasteiger partial charge in [0, 0.05) is 29.9 Å². The fourth-order valence-corrected chi connectivity index (χ4v) is 3.04. The summed E-state index contributed by atoms with van der Waals surface area (Å²) in [6.45, 7) is 3.37. The maximum Gasteiger partial charge on any atom is 0.336 e. The van der Waals surface area contributed by atoms with Crippen molar-refractivity contribution in [3.05, 3.63) is 28.4 Å². The van der Waals surface area contributed by atoms with Gasteiger partial charge in [0.05, 0.1) is 32.3 Å². The lowest BCUT2D eigenvalue weighted by Crippen LogP contribution is -2.40. The molecule has 1 heterocycles. The molecule has 1 atom stereocenters. The molecule has 146 valence electrons. The number of allylic oxidation sites excluding steroid dienone is 1. The third-order valence-electron chi connectivity index (χ3n) is 3.99. The lowest BCUT2D eigenvalue weighted by Gasteiger charge is -2.25. The van der Waals surface area contributed by atoms with Crippen LogP contribution in [-0.4, -0.2) is 38.6 Å². The molecule has 2 rings (SSSR count). The standard InChI is InChI=1S/C18H21ClN2O6/c1-5-27-18(24)15-9(2)20-14(22)8-11(15)17(23)21-10-6-12(25-3)16(19)13(7-10)26-4/h6-7,11H,5,8H2,1-4H3,(H,20,22)(H,21,23)/t11-/m0/s1. The lowest BCUT2D eigenvalue weighted by molar-refractivity contribution is -0.141. The molecule has 0 unspecified atom stereocenters. The minimum absolute atomic E-state index is 0.127. The molecule has 1 aliphatic rings. The summed E-state index contributed by atoms with van der Waals surface area (Å²) in [6.07, 6.45) is -0.167. The van der Waals surface area contributed by atoms with Gasteiger partial charge in [-0.3, -0.25) is 9.59 Å². The number of halogens is 1. The number of ether oxygens (including phenoxy) is 3. The molecule has 2 amide bonds. The average molecular weight is 397 g/mol. The molecule has 0 saturated heterocycles. The highest BCUT2D eigenvalue weighted by atomic mass is 35.5. The van der Waals surface area contributed by atoms with Crippen LogP contribution < -0.4 is 20.1 Å². The number of methoxy groups -OCH3 is 2. The van der Waals surface area contributed by atoms with Crippen LogP contribution in [0.15, 0.2) is 23.4 Å². The molecule has 0 saturated carbocycles. The summed E-state index contributed by atoms with van der Waals surface area (Å²) in [5, 5.41) is 5.50. The number of nitrogens with one attached hydrogen (secondary N) is 2. The molecular weight excluding hydrogens is 376 g/mol. The van der Waals surface area contributed by atoms with E-state index < -0.39 is 17.8 Å². The van der Waals surface area contributed by atoms with E-state index in [4.69, 9.17) is 25.8 Å². The second-order valence-electron chi connectivity index (χ2n) is 5.75. The third kappa shape index (κ3) is 4.51. The molecule has 8 nitrogen and oxygen atoms in total. The van der Waals surface area contributed by atoms with Gasteiger partial charge < -0.3 is 24.8 Å². The summed E-state index contributed by atoms with van der Waals surface area (Å²) in [5.74, 6) is -1.88. The van der Waals surface area contributed by atoms with Gasteiger partial charge in [0.25, 0.3) is 0 Å². The summed E-state index contributed by atoms with van der Waals surface area (Å²) in [4.78, 5) is 37.0. The van der Waals surface area contributed by atoms with Crippen molar-refractivity contribution in [3.63, 3.8) is 0 Å². The Bertz CT molecular complexity index is 780. The van der Waals surface area contributed by atoms with Crippen LogP contribution in [0.1, 0.15) is 20.3 Å². The van der Waals surface area contributed by atoms with E-state index in [-0.39, 0.29) is 29.5 Å². The number of carbonyl (C=O) groups is 3. The van der Waals surface area contributed by atoms with E-state index in [2.05, 4.69) is 10.6 Å². The van der Waals surface area contributed by atoms with Crippen molar-refractivity contribution in [2.45, 2.75) is 20.3 Å².